The zero-order chi connectivity index (χ0) is 13.9. The molecule has 0 fully saturated rings. The largest absolute Gasteiger partial charge is 0.309 e. The van der Waals surface area contributed by atoms with Crippen LogP contribution in [0.2, 0.25) is 0 Å². The summed E-state index contributed by atoms with van der Waals surface area (Å²) >= 11 is 3.80. The van der Waals surface area contributed by atoms with Gasteiger partial charge in [0.2, 0.25) is 0 Å². The molecule has 0 saturated carbocycles. The average Bonchev–Trinajstić information content (AvgIpc) is 3.10. The van der Waals surface area contributed by atoms with Gasteiger partial charge in [-0.05, 0) is 50.8 Å². The van der Waals surface area contributed by atoms with Gasteiger partial charge in [0.25, 0.3) is 0 Å². The number of aromatic nitrogens is 1. The quantitative estimate of drug-likeness (QED) is 0.857. The Labute approximate surface area is 129 Å². The molecule has 2 nitrogen and oxygen atoms in total. The highest BCUT2D eigenvalue weighted by Crippen LogP contribution is 2.39. The van der Waals surface area contributed by atoms with Crippen molar-refractivity contribution in [2.24, 2.45) is 0 Å². The van der Waals surface area contributed by atoms with E-state index in [0.29, 0.717) is 6.04 Å². The number of thiophene rings is 1. The first-order valence-electron chi connectivity index (χ1n) is 7.63. The number of hydrogen-bond acceptors (Lipinski definition) is 4. The van der Waals surface area contributed by atoms with Crippen LogP contribution in [-0.4, -0.2) is 11.5 Å². The van der Waals surface area contributed by atoms with E-state index < -0.39 is 0 Å². The Hall–Kier alpha value is -0.710. The third kappa shape index (κ3) is 2.83. The van der Waals surface area contributed by atoms with E-state index in [1.54, 1.807) is 0 Å². The molecule has 1 aliphatic carbocycles. The third-order valence-electron chi connectivity index (χ3n) is 3.81. The summed E-state index contributed by atoms with van der Waals surface area (Å²) in [6, 6.07) is 5.02. The van der Waals surface area contributed by atoms with Crippen molar-refractivity contribution in [1.29, 1.82) is 0 Å². The lowest BCUT2D eigenvalue weighted by molar-refractivity contribution is 0.465. The summed E-state index contributed by atoms with van der Waals surface area (Å²) in [5, 5.41) is 4.91. The Balaban J connectivity index is 1.86. The first-order valence-corrected chi connectivity index (χ1v) is 9.27. The van der Waals surface area contributed by atoms with Crippen LogP contribution in [0.25, 0.3) is 9.88 Å². The molecule has 1 unspecified atom stereocenters. The Kier molecular flexibility index (Phi) is 4.54. The highest BCUT2D eigenvalue weighted by atomic mass is 32.1. The van der Waals surface area contributed by atoms with E-state index >= 15 is 0 Å². The summed E-state index contributed by atoms with van der Waals surface area (Å²) in [6.45, 7) is 5.55. The lowest BCUT2D eigenvalue weighted by Gasteiger charge is -2.22. The molecule has 0 aromatic carbocycles. The summed E-state index contributed by atoms with van der Waals surface area (Å²) in [5.74, 6) is 0. The number of thiazole rings is 1. The van der Waals surface area contributed by atoms with Crippen LogP contribution < -0.4 is 5.32 Å². The van der Waals surface area contributed by atoms with Crippen molar-refractivity contribution >= 4 is 22.7 Å². The topological polar surface area (TPSA) is 24.9 Å². The first-order chi connectivity index (χ1) is 9.81. The summed E-state index contributed by atoms with van der Waals surface area (Å²) in [5.41, 5.74) is 1.34. The second-order valence-corrected chi connectivity index (χ2v) is 7.55. The van der Waals surface area contributed by atoms with Crippen LogP contribution in [0.3, 0.4) is 0 Å². The van der Waals surface area contributed by atoms with E-state index in [9.17, 15) is 0 Å². The minimum absolute atomic E-state index is 0.538. The summed E-state index contributed by atoms with van der Waals surface area (Å²) < 4.78 is 0. The number of fused-ring (bicyclic) bond motifs is 1. The summed E-state index contributed by atoms with van der Waals surface area (Å²) in [6.07, 6.45) is 6.00. The minimum Gasteiger partial charge on any atom is -0.309 e. The van der Waals surface area contributed by atoms with Crippen LogP contribution in [-0.2, 0) is 12.8 Å². The van der Waals surface area contributed by atoms with Crippen LogP contribution in [0, 0.1) is 0 Å². The molecule has 2 aromatic rings. The maximum atomic E-state index is 4.92. The van der Waals surface area contributed by atoms with E-state index in [0.717, 1.165) is 19.4 Å². The maximum absolute atomic E-state index is 4.92. The molecule has 1 N–H and O–H groups in total. The van der Waals surface area contributed by atoms with Crippen LogP contribution >= 0.6 is 22.7 Å². The van der Waals surface area contributed by atoms with E-state index in [-0.39, 0.29) is 0 Å². The van der Waals surface area contributed by atoms with Crippen molar-refractivity contribution in [2.45, 2.75) is 52.0 Å². The monoisotopic (exact) mass is 306 g/mol. The molecule has 1 atom stereocenters. The predicted octanol–water partition coefficient (Wildman–Crippen LogP) is 4.81. The van der Waals surface area contributed by atoms with Gasteiger partial charge in [0.1, 0.15) is 5.01 Å². The van der Waals surface area contributed by atoms with Crippen molar-refractivity contribution in [3.05, 3.63) is 27.6 Å². The molecular weight excluding hydrogens is 284 g/mol. The maximum Gasteiger partial charge on any atom is 0.133 e. The second kappa shape index (κ2) is 6.37. The minimum atomic E-state index is 0.538. The van der Waals surface area contributed by atoms with Gasteiger partial charge in [-0.2, -0.15) is 0 Å². The first kappa shape index (κ1) is 14.2. The molecule has 0 radical (unpaired) electrons. The molecule has 4 heteroatoms. The predicted molar refractivity (Wildman–Crippen MR) is 88.8 cm³/mol. The third-order valence-corrected chi connectivity index (χ3v) is 6.42. The number of aryl methyl sites for hydroxylation is 2. The van der Waals surface area contributed by atoms with Gasteiger partial charge in [-0.25, -0.2) is 4.98 Å². The lowest BCUT2D eigenvalue weighted by atomic mass is 9.98. The van der Waals surface area contributed by atoms with E-state index in [1.807, 2.05) is 22.7 Å². The van der Waals surface area contributed by atoms with Gasteiger partial charge < -0.3 is 5.32 Å². The fraction of sp³-hybridized carbons (Fsp3) is 0.562. The Morgan fingerprint density at radius 3 is 2.95 bits per heavy atom. The molecular formula is C16H22N2S2. The molecule has 0 saturated heterocycles. The van der Waals surface area contributed by atoms with E-state index in [2.05, 4.69) is 31.3 Å². The normalized spacial score (nSPS) is 18.2. The van der Waals surface area contributed by atoms with Crippen molar-refractivity contribution in [1.82, 2.24) is 10.3 Å². The highest BCUT2D eigenvalue weighted by Gasteiger charge is 2.24. The fourth-order valence-electron chi connectivity index (χ4n) is 2.72. The van der Waals surface area contributed by atoms with Crippen molar-refractivity contribution < 1.29 is 0 Å². The van der Waals surface area contributed by atoms with Gasteiger partial charge in [-0.1, -0.05) is 13.8 Å². The van der Waals surface area contributed by atoms with Gasteiger partial charge in [0.05, 0.1) is 10.6 Å². The molecule has 3 rings (SSSR count). The number of nitrogens with zero attached hydrogens (tertiary/aromatic N) is 1. The highest BCUT2D eigenvalue weighted by molar-refractivity contribution is 7.21. The van der Waals surface area contributed by atoms with Crippen molar-refractivity contribution in [3.63, 3.8) is 0 Å². The van der Waals surface area contributed by atoms with Crippen LogP contribution in [0.15, 0.2) is 12.1 Å². The smallest absolute Gasteiger partial charge is 0.133 e. The van der Waals surface area contributed by atoms with Gasteiger partial charge in [0, 0.05) is 15.8 Å². The lowest BCUT2D eigenvalue weighted by Crippen LogP contribution is -2.24. The molecule has 2 heterocycles. The standard InChI is InChI=1S/C16H22N2S2/c1-3-10-17-12-6-5-7-13-15(12)20-16(18-13)14-9-8-11(4-2)19-14/h8-9,12,17H,3-7,10H2,1-2H3. The van der Waals surface area contributed by atoms with Gasteiger partial charge >= 0.3 is 0 Å². The SMILES string of the molecule is CCCNC1CCCc2nc(-c3ccc(CC)s3)sc21. The van der Waals surface area contributed by atoms with Crippen LogP contribution in [0.4, 0.5) is 0 Å². The van der Waals surface area contributed by atoms with Crippen molar-refractivity contribution in [3.8, 4) is 9.88 Å². The van der Waals surface area contributed by atoms with Gasteiger partial charge in [0.15, 0.2) is 0 Å². The molecule has 0 aliphatic heterocycles. The van der Waals surface area contributed by atoms with E-state index in [4.69, 9.17) is 4.98 Å². The van der Waals surface area contributed by atoms with Gasteiger partial charge in [-0.15, -0.1) is 22.7 Å². The second-order valence-electron chi connectivity index (χ2n) is 5.35. The zero-order valence-electron chi connectivity index (χ0n) is 12.2. The molecule has 108 valence electrons. The Morgan fingerprint density at radius 2 is 2.20 bits per heavy atom. The average molecular weight is 306 g/mol. The van der Waals surface area contributed by atoms with Crippen LogP contribution in [0.1, 0.15) is 54.6 Å². The van der Waals surface area contributed by atoms with Gasteiger partial charge in [-0.3, -0.25) is 0 Å². The fourth-order valence-corrected chi connectivity index (χ4v) is 4.94. The molecule has 0 spiro atoms. The van der Waals surface area contributed by atoms with Crippen molar-refractivity contribution in [2.75, 3.05) is 6.54 Å². The molecule has 1 aliphatic rings. The summed E-state index contributed by atoms with van der Waals surface area (Å²) in [7, 11) is 0. The molecule has 2 aromatic heterocycles. The van der Waals surface area contributed by atoms with E-state index in [1.165, 1.54) is 44.6 Å². The number of nitrogens with one attached hydrogen (secondary N) is 1. The Bertz CT molecular complexity index is 571. The molecule has 20 heavy (non-hydrogen) atoms. The summed E-state index contributed by atoms with van der Waals surface area (Å²) in [4.78, 5) is 9.20. The van der Waals surface area contributed by atoms with Crippen LogP contribution in [0.5, 0.6) is 0 Å². The number of hydrogen-bond donors (Lipinski definition) is 1. The molecule has 0 amide bonds. The molecule has 0 bridgehead atoms. The zero-order valence-corrected chi connectivity index (χ0v) is 13.9. The number of rotatable bonds is 5. The Morgan fingerprint density at radius 1 is 1.30 bits per heavy atom.